The van der Waals surface area contributed by atoms with E-state index in [0.717, 1.165) is 0 Å². The van der Waals surface area contributed by atoms with Crippen LogP contribution in [0.25, 0.3) is 0 Å². The monoisotopic (exact) mass is 304 g/mol. The number of aliphatic hydroxyl groups is 2. The number of ether oxygens (including phenoxy) is 2. The number of carbonyl (C=O) groups is 1. The second-order valence-electron chi connectivity index (χ2n) is 6.93. The van der Waals surface area contributed by atoms with Crippen LogP contribution in [0.2, 0.25) is 0 Å². The lowest BCUT2D eigenvalue weighted by Crippen LogP contribution is -2.63. The topological polar surface area (TPSA) is 96.2 Å². The molecule has 0 aromatic heterocycles. The Kier molecular flexibility index (Phi) is 5.77. The van der Waals surface area contributed by atoms with E-state index in [4.69, 9.17) is 9.47 Å². The molecule has 1 unspecified atom stereocenters. The zero-order chi connectivity index (χ0) is 16.5. The minimum atomic E-state index is -1.30. The number of aliphatic hydroxyl groups excluding tert-OH is 2. The molecule has 6 nitrogen and oxygen atoms in total. The molecule has 0 aromatic rings. The lowest BCUT2D eigenvalue weighted by Gasteiger charge is -2.45. The van der Waals surface area contributed by atoms with E-state index in [1.54, 1.807) is 13.8 Å². The van der Waals surface area contributed by atoms with E-state index < -0.39 is 42.1 Å². The third-order valence-electron chi connectivity index (χ3n) is 4.36. The molecule has 0 amide bonds. The third kappa shape index (κ3) is 3.94. The normalized spacial score (nSPS) is 34.5. The quantitative estimate of drug-likeness (QED) is 0.702. The lowest BCUT2D eigenvalue weighted by atomic mass is 9.87. The van der Waals surface area contributed by atoms with Crippen LogP contribution < -0.4 is 0 Å². The molecular weight excluding hydrogens is 276 g/mol. The highest BCUT2D eigenvalue weighted by Gasteiger charge is 2.50. The number of rotatable bonds is 5. The summed E-state index contributed by atoms with van der Waals surface area (Å²) in [4.78, 5) is 11.4. The van der Waals surface area contributed by atoms with Gasteiger partial charge in [-0.15, -0.1) is 0 Å². The molecule has 0 aliphatic carbocycles. The Hall–Kier alpha value is -0.690. The lowest BCUT2D eigenvalue weighted by molar-refractivity contribution is -0.268. The van der Waals surface area contributed by atoms with Gasteiger partial charge >= 0.3 is 5.97 Å². The molecule has 6 heteroatoms. The van der Waals surface area contributed by atoms with Gasteiger partial charge in [0, 0.05) is 0 Å². The third-order valence-corrected chi connectivity index (χ3v) is 4.36. The maximum Gasteiger partial charge on any atom is 0.335 e. The fraction of sp³-hybridized carbons (Fsp3) is 0.933. The summed E-state index contributed by atoms with van der Waals surface area (Å²) >= 11 is 0. The summed E-state index contributed by atoms with van der Waals surface area (Å²) < 4.78 is 11.3. The van der Waals surface area contributed by atoms with E-state index in [2.05, 4.69) is 0 Å². The van der Waals surface area contributed by atoms with Crippen molar-refractivity contribution in [3.05, 3.63) is 0 Å². The highest BCUT2D eigenvalue weighted by atomic mass is 16.6. The van der Waals surface area contributed by atoms with Crippen LogP contribution >= 0.6 is 0 Å². The van der Waals surface area contributed by atoms with Gasteiger partial charge in [-0.05, 0) is 25.7 Å². The summed E-state index contributed by atoms with van der Waals surface area (Å²) in [5.41, 5.74) is -0.646. The van der Waals surface area contributed by atoms with E-state index in [0.29, 0.717) is 0 Å². The first-order chi connectivity index (χ1) is 9.49. The molecule has 1 fully saturated rings. The maximum atomic E-state index is 11.4. The van der Waals surface area contributed by atoms with Gasteiger partial charge in [0.1, 0.15) is 18.3 Å². The average molecular weight is 304 g/mol. The van der Waals surface area contributed by atoms with E-state index in [-0.39, 0.29) is 11.8 Å². The van der Waals surface area contributed by atoms with Crippen LogP contribution in [0.1, 0.15) is 41.5 Å². The molecule has 0 aromatic carbocycles. The summed E-state index contributed by atoms with van der Waals surface area (Å²) in [5, 5.41) is 29.8. The molecule has 124 valence electrons. The second-order valence-corrected chi connectivity index (χ2v) is 6.93. The molecule has 21 heavy (non-hydrogen) atoms. The van der Waals surface area contributed by atoms with Crippen LogP contribution in [0.5, 0.6) is 0 Å². The van der Waals surface area contributed by atoms with Gasteiger partial charge in [0.2, 0.25) is 0 Å². The highest BCUT2D eigenvalue weighted by Crippen LogP contribution is 2.32. The Labute approximate surface area is 126 Å². The predicted molar refractivity (Wildman–Crippen MR) is 76.9 cm³/mol. The van der Waals surface area contributed by atoms with Gasteiger partial charge in [-0.1, -0.05) is 27.7 Å². The average Bonchev–Trinajstić information content (AvgIpc) is 2.33. The minimum absolute atomic E-state index is 0.110. The van der Waals surface area contributed by atoms with Crippen molar-refractivity contribution < 1.29 is 29.6 Å². The van der Waals surface area contributed by atoms with Crippen molar-refractivity contribution in [2.24, 2.45) is 11.8 Å². The smallest absolute Gasteiger partial charge is 0.335 e. The molecule has 5 atom stereocenters. The van der Waals surface area contributed by atoms with Crippen LogP contribution in [0.4, 0.5) is 0 Å². The summed E-state index contributed by atoms with van der Waals surface area (Å²) in [7, 11) is 0. The van der Waals surface area contributed by atoms with Crippen LogP contribution in [0.3, 0.4) is 0 Å². The van der Waals surface area contributed by atoms with Gasteiger partial charge in [-0.25, -0.2) is 4.79 Å². The molecular formula is C15H28O6. The molecule has 1 saturated heterocycles. The molecule has 0 saturated carbocycles. The molecule has 1 rings (SSSR count). The van der Waals surface area contributed by atoms with Crippen molar-refractivity contribution in [2.75, 3.05) is 0 Å². The highest BCUT2D eigenvalue weighted by molar-refractivity contribution is 5.73. The second kappa shape index (κ2) is 6.60. The maximum absolute atomic E-state index is 11.4. The first-order valence-corrected chi connectivity index (χ1v) is 7.41. The molecule has 1 aliphatic heterocycles. The van der Waals surface area contributed by atoms with Gasteiger partial charge < -0.3 is 24.8 Å². The summed E-state index contributed by atoms with van der Waals surface area (Å²) in [5.74, 6) is -1.20. The summed E-state index contributed by atoms with van der Waals surface area (Å²) in [6.07, 6.45) is -5.61. The van der Waals surface area contributed by atoms with Gasteiger partial charge in [0.05, 0.1) is 11.7 Å². The molecule has 1 aliphatic rings. The molecule has 0 bridgehead atoms. The zero-order valence-electron chi connectivity index (χ0n) is 13.6. The molecule has 3 N–H and O–H groups in total. The SMILES string of the molecule is CC(C)C1O[C@H](C(=O)O)[C@@H](OC(C)(C)C(C)C)[C@H](O)[C@@H]1O. The molecule has 1 heterocycles. The van der Waals surface area contributed by atoms with E-state index >= 15 is 0 Å². The Morgan fingerprint density at radius 2 is 1.67 bits per heavy atom. The van der Waals surface area contributed by atoms with Crippen molar-refractivity contribution in [3.8, 4) is 0 Å². The Bertz CT molecular complexity index is 365. The number of aliphatic carboxylic acids is 1. The van der Waals surface area contributed by atoms with E-state index in [1.165, 1.54) is 0 Å². The van der Waals surface area contributed by atoms with Gasteiger partial charge in [-0.2, -0.15) is 0 Å². The zero-order valence-corrected chi connectivity index (χ0v) is 13.6. The standard InChI is InChI=1S/C15H28O6/c1-7(2)11-9(16)10(17)12(13(20-11)14(18)19)21-15(5,6)8(3)4/h7-13,16-17H,1-6H3,(H,18,19)/t9-,10+,11?,12-,13-/m0/s1. The van der Waals surface area contributed by atoms with Crippen molar-refractivity contribution >= 4 is 5.97 Å². The summed E-state index contributed by atoms with van der Waals surface area (Å²) in [6.45, 7) is 11.1. The summed E-state index contributed by atoms with van der Waals surface area (Å²) in [6, 6.07) is 0. The minimum Gasteiger partial charge on any atom is -0.479 e. The van der Waals surface area contributed by atoms with E-state index in [1.807, 2.05) is 27.7 Å². The van der Waals surface area contributed by atoms with Crippen molar-refractivity contribution in [3.63, 3.8) is 0 Å². The van der Waals surface area contributed by atoms with Crippen LogP contribution in [-0.4, -0.2) is 57.4 Å². The van der Waals surface area contributed by atoms with Crippen LogP contribution in [0, 0.1) is 11.8 Å². The fourth-order valence-corrected chi connectivity index (χ4v) is 2.26. The molecule has 0 radical (unpaired) electrons. The van der Waals surface area contributed by atoms with Crippen molar-refractivity contribution in [1.82, 2.24) is 0 Å². The fourth-order valence-electron chi connectivity index (χ4n) is 2.26. The number of hydrogen-bond donors (Lipinski definition) is 3. The van der Waals surface area contributed by atoms with Gasteiger partial charge in [0.15, 0.2) is 6.10 Å². The van der Waals surface area contributed by atoms with Crippen molar-refractivity contribution in [1.29, 1.82) is 0 Å². The van der Waals surface area contributed by atoms with Crippen LogP contribution in [-0.2, 0) is 14.3 Å². The first-order valence-electron chi connectivity index (χ1n) is 7.41. The van der Waals surface area contributed by atoms with Crippen LogP contribution in [0.15, 0.2) is 0 Å². The van der Waals surface area contributed by atoms with Crippen molar-refractivity contribution in [2.45, 2.75) is 77.7 Å². The van der Waals surface area contributed by atoms with E-state index in [9.17, 15) is 20.1 Å². The Morgan fingerprint density at radius 3 is 2.05 bits per heavy atom. The largest absolute Gasteiger partial charge is 0.479 e. The number of carboxylic acids is 1. The Morgan fingerprint density at radius 1 is 1.14 bits per heavy atom. The van der Waals surface area contributed by atoms with Gasteiger partial charge in [0.25, 0.3) is 0 Å². The first kappa shape index (κ1) is 18.4. The number of carboxylic acid groups (broad SMARTS) is 1. The number of hydrogen-bond acceptors (Lipinski definition) is 5. The Balaban J connectivity index is 3.02. The van der Waals surface area contributed by atoms with Gasteiger partial charge in [-0.3, -0.25) is 0 Å². The molecule has 0 spiro atoms. The predicted octanol–water partition coefficient (Wildman–Crippen LogP) is 1.04.